The molecular formula is C53H72N2O13. The van der Waals surface area contributed by atoms with Gasteiger partial charge in [-0.25, -0.2) is 14.4 Å². The van der Waals surface area contributed by atoms with Gasteiger partial charge < -0.3 is 43.7 Å². The van der Waals surface area contributed by atoms with Gasteiger partial charge >= 0.3 is 23.9 Å². The number of aliphatic hydroxyl groups is 1. The first-order valence-electron chi connectivity index (χ1n) is 24.1. The normalized spacial score (nSPS) is 21.5. The van der Waals surface area contributed by atoms with Crippen LogP contribution in [0.3, 0.4) is 0 Å². The molecule has 5 rings (SSSR count). The van der Waals surface area contributed by atoms with Crippen molar-refractivity contribution in [3.63, 3.8) is 0 Å². The predicted molar refractivity (Wildman–Crippen MR) is 254 cm³/mol. The number of rotatable bonds is 23. The molecule has 2 aromatic rings. The number of likely N-dealkylation sites (N-methyl/N-ethyl adjacent to an activating group) is 1. The minimum atomic E-state index is -1.05. The highest BCUT2D eigenvalue weighted by atomic mass is 16.8. The Hall–Kier alpha value is -5.38. The van der Waals surface area contributed by atoms with Crippen LogP contribution in [0.15, 0.2) is 72.3 Å². The van der Waals surface area contributed by atoms with Crippen molar-refractivity contribution >= 4 is 41.8 Å². The molecule has 2 heterocycles. The van der Waals surface area contributed by atoms with Crippen LogP contribution in [0, 0.1) is 5.41 Å². The summed E-state index contributed by atoms with van der Waals surface area (Å²) in [7, 11) is 1.54. The number of nitrogens with zero attached hydrogens (tertiary/aromatic N) is 1. The molecule has 0 saturated carbocycles. The van der Waals surface area contributed by atoms with Crippen molar-refractivity contribution in [2.24, 2.45) is 5.41 Å². The highest BCUT2D eigenvalue weighted by molar-refractivity contribution is 5.98. The van der Waals surface area contributed by atoms with E-state index in [1.165, 1.54) is 17.1 Å². The molecule has 0 spiro atoms. The summed E-state index contributed by atoms with van der Waals surface area (Å²) in [5.74, 6) is -4.48. The van der Waals surface area contributed by atoms with E-state index in [1.54, 1.807) is 72.0 Å². The van der Waals surface area contributed by atoms with Crippen LogP contribution in [0.2, 0.25) is 0 Å². The SMILES string of the molecule is CCCCCC1(CCCCC)O[C@@H]2[C@@H](C=C(C(=O)N(C)[C@H](Cc3ccccc3)C(=O)N[C@H](CO)CCC(=O)OC(C)(C)C)C[C@H]2OC(=O)c2cccc(C=CC(=O)O[C@H]3C(=O)OCC3(C)C)c2)O1. The number of amides is 2. The van der Waals surface area contributed by atoms with Crippen LogP contribution in [-0.4, -0.2) is 114 Å². The number of hydrogen-bond acceptors (Lipinski definition) is 13. The summed E-state index contributed by atoms with van der Waals surface area (Å²) in [6.07, 6.45) is 7.91. The van der Waals surface area contributed by atoms with E-state index in [9.17, 15) is 33.9 Å². The predicted octanol–water partition coefficient (Wildman–Crippen LogP) is 7.36. The van der Waals surface area contributed by atoms with Crippen molar-refractivity contribution < 1.29 is 62.3 Å². The van der Waals surface area contributed by atoms with Gasteiger partial charge in [0.1, 0.15) is 36.6 Å². The minimum absolute atomic E-state index is 0.0368. The summed E-state index contributed by atoms with van der Waals surface area (Å²) in [4.78, 5) is 81.9. The Morgan fingerprint density at radius 2 is 1.63 bits per heavy atom. The molecule has 0 aromatic heterocycles. The molecule has 68 heavy (non-hydrogen) atoms. The fourth-order valence-corrected chi connectivity index (χ4v) is 8.62. The Kier molecular flexibility index (Phi) is 19.1. The summed E-state index contributed by atoms with van der Waals surface area (Å²) in [6, 6.07) is 13.9. The molecule has 6 atom stereocenters. The fourth-order valence-electron chi connectivity index (χ4n) is 8.62. The Morgan fingerprint density at radius 1 is 0.941 bits per heavy atom. The summed E-state index contributed by atoms with van der Waals surface area (Å²) < 4.78 is 35.9. The zero-order valence-electron chi connectivity index (χ0n) is 41.1. The third kappa shape index (κ3) is 15.1. The molecule has 372 valence electrons. The van der Waals surface area contributed by atoms with Gasteiger partial charge in [-0.15, -0.1) is 0 Å². The molecule has 15 nitrogen and oxygen atoms in total. The lowest BCUT2D eigenvalue weighted by Gasteiger charge is -2.34. The molecule has 2 N–H and O–H groups in total. The second-order valence-electron chi connectivity index (χ2n) is 19.8. The molecule has 3 aliphatic rings. The van der Waals surface area contributed by atoms with Gasteiger partial charge in [0, 0.05) is 56.2 Å². The second kappa shape index (κ2) is 24.3. The number of hydrogen-bond donors (Lipinski definition) is 2. The number of aliphatic hydroxyl groups excluding tert-OH is 1. The Balaban J connectivity index is 1.40. The third-order valence-corrected chi connectivity index (χ3v) is 12.4. The van der Waals surface area contributed by atoms with Crippen LogP contribution in [-0.2, 0) is 58.8 Å². The average molecular weight is 945 g/mol. The van der Waals surface area contributed by atoms with Gasteiger partial charge in [0.15, 0.2) is 5.79 Å². The van der Waals surface area contributed by atoms with Crippen LogP contribution in [0.4, 0.5) is 0 Å². The minimum Gasteiger partial charge on any atom is -0.462 e. The summed E-state index contributed by atoms with van der Waals surface area (Å²) >= 11 is 0. The highest BCUT2D eigenvalue weighted by Crippen LogP contribution is 2.43. The Bertz CT molecular complexity index is 2120. The second-order valence-corrected chi connectivity index (χ2v) is 19.8. The first-order chi connectivity index (χ1) is 32.3. The largest absolute Gasteiger partial charge is 0.462 e. The van der Waals surface area contributed by atoms with E-state index in [-0.39, 0.29) is 43.4 Å². The maximum atomic E-state index is 14.8. The third-order valence-electron chi connectivity index (χ3n) is 12.4. The van der Waals surface area contributed by atoms with E-state index in [0.29, 0.717) is 18.4 Å². The monoisotopic (exact) mass is 945 g/mol. The number of carbonyl (C=O) groups is 6. The maximum Gasteiger partial charge on any atom is 0.348 e. The lowest BCUT2D eigenvalue weighted by atomic mass is 9.90. The van der Waals surface area contributed by atoms with Crippen molar-refractivity contribution in [1.29, 1.82) is 0 Å². The molecule has 0 bridgehead atoms. The Labute approximate surface area is 401 Å². The number of carbonyl (C=O) groups excluding carboxylic acids is 6. The number of unbranched alkanes of at least 4 members (excludes halogenated alkanes) is 4. The zero-order valence-corrected chi connectivity index (χ0v) is 41.1. The Morgan fingerprint density at radius 3 is 2.25 bits per heavy atom. The number of nitrogens with one attached hydrogen (secondary N) is 1. The van der Waals surface area contributed by atoms with E-state index < -0.39 is 95.6 Å². The molecule has 2 aromatic carbocycles. The van der Waals surface area contributed by atoms with Crippen LogP contribution in [0.25, 0.3) is 6.08 Å². The molecule has 15 heteroatoms. The van der Waals surface area contributed by atoms with Gasteiger partial charge in [-0.05, 0) is 75.4 Å². The number of ether oxygens (including phenoxy) is 6. The lowest BCUT2D eigenvalue weighted by molar-refractivity contribution is -0.190. The quantitative estimate of drug-likeness (QED) is 0.0486. The van der Waals surface area contributed by atoms with Crippen LogP contribution in [0.1, 0.15) is 141 Å². The van der Waals surface area contributed by atoms with Gasteiger partial charge in [-0.2, -0.15) is 0 Å². The summed E-state index contributed by atoms with van der Waals surface area (Å²) in [5.41, 5.74) is 0.361. The zero-order chi connectivity index (χ0) is 49.6. The van der Waals surface area contributed by atoms with E-state index in [2.05, 4.69) is 19.2 Å². The van der Waals surface area contributed by atoms with Crippen molar-refractivity contribution in [2.75, 3.05) is 20.3 Å². The summed E-state index contributed by atoms with van der Waals surface area (Å²) in [6.45, 7) is 12.8. The van der Waals surface area contributed by atoms with Gasteiger partial charge in [-0.3, -0.25) is 14.4 Å². The van der Waals surface area contributed by atoms with Gasteiger partial charge in [0.25, 0.3) is 0 Å². The van der Waals surface area contributed by atoms with Gasteiger partial charge in [0.2, 0.25) is 17.9 Å². The molecule has 1 aliphatic carbocycles. The summed E-state index contributed by atoms with van der Waals surface area (Å²) in [5, 5.41) is 13.1. The molecule has 2 amide bonds. The number of fused-ring (bicyclic) bond motifs is 1. The van der Waals surface area contributed by atoms with Crippen molar-refractivity contribution in [3.8, 4) is 0 Å². The van der Waals surface area contributed by atoms with E-state index >= 15 is 0 Å². The molecular weight excluding hydrogens is 873 g/mol. The smallest absolute Gasteiger partial charge is 0.348 e. The van der Waals surface area contributed by atoms with E-state index in [4.69, 9.17) is 28.4 Å². The molecule has 0 radical (unpaired) electrons. The van der Waals surface area contributed by atoms with Crippen LogP contribution in [0.5, 0.6) is 0 Å². The molecule has 2 aliphatic heterocycles. The van der Waals surface area contributed by atoms with Crippen molar-refractivity contribution in [1.82, 2.24) is 10.2 Å². The van der Waals surface area contributed by atoms with E-state index in [1.807, 2.05) is 30.3 Å². The van der Waals surface area contributed by atoms with Crippen LogP contribution >= 0.6 is 0 Å². The average Bonchev–Trinajstić information content (AvgIpc) is 3.80. The maximum absolute atomic E-state index is 14.8. The number of esters is 4. The van der Waals surface area contributed by atoms with Gasteiger partial charge in [-0.1, -0.05) is 95.8 Å². The van der Waals surface area contributed by atoms with E-state index in [0.717, 1.165) is 44.1 Å². The first-order valence-corrected chi connectivity index (χ1v) is 24.1. The topological polar surface area (TPSA) is 193 Å². The van der Waals surface area contributed by atoms with Crippen LogP contribution < -0.4 is 5.32 Å². The molecule has 0 unspecified atom stereocenters. The standard InChI is InChI=1S/C53H72N2O13/c1-9-11-16-27-53(28-17-12-10-2)66-42-32-38(48(60)55(8)40(30-35-19-14-13-15-20-35)47(59)54-39(33-56)24-26-44(58)67-51(3,4)5)31-41(45(42)68-53)64-49(61)37-22-18-21-36(29-37)23-25-43(57)65-46-50(62)63-34-52(46,6)7/h13-15,18-23,25,29,32,39-42,45-46,56H,9-12,16-17,24,26-28,30-31,33-34H2,1-8H3,(H,54,59)/t39-,40+,41+,42+,45-,46-/m0/s1. The first kappa shape index (κ1) is 53.6. The lowest BCUT2D eigenvalue weighted by Crippen LogP contribution is -2.53. The van der Waals surface area contributed by atoms with Crippen molar-refractivity contribution in [3.05, 3.63) is 89.0 Å². The highest BCUT2D eigenvalue weighted by Gasteiger charge is 2.53. The fraction of sp³-hybridized carbons (Fsp3) is 0.585. The van der Waals surface area contributed by atoms with Crippen molar-refractivity contribution in [2.45, 2.75) is 173 Å². The molecule has 2 fully saturated rings. The number of cyclic esters (lactones) is 1. The van der Waals surface area contributed by atoms with Gasteiger partial charge in [0.05, 0.1) is 18.2 Å². The number of benzene rings is 2. The molecule has 2 saturated heterocycles.